The highest BCUT2D eigenvalue weighted by atomic mass is 19.1. The largest absolute Gasteiger partial charge is 0.354 e. The van der Waals surface area contributed by atoms with Crippen molar-refractivity contribution in [1.82, 2.24) is 15.1 Å². The molecule has 0 unspecified atom stereocenters. The highest BCUT2D eigenvalue weighted by Crippen LogP contribution is 2.07. The number of halogens is 1. The number of nitrogens with zero attached hydrogens (tertiary/aromatic N) is 2. The molecule has 1 N–H and O–H groups in total. The summed E-state index contributed by atoms with van der Waals surface area (Å²) >= 11 is 0. The first-order valence-corrected chi connectivity index (χ1v) is 7.99. The van der Waals surface area contributed by atoms with Crippen LogP contribution >= 0.6 is 0 Å². The van der Waals surface area contributed by atoms with Crippen molar-refractivity contribution in [1.29, 1.82) is 0 Å². The average Bonchev–Trinajstić information content (AvgIpc) is 2.56. The van der Waals surface area contributed by atoms with E-state index in [1.54, 1.807) is 24.0 Å². The lowest BCUT2D eigenvalue weighted by Gasteiger charge is -2.37. The summed E-state index contributed by atoms with van der Waals surface area (Å²) in [4.78, 5) is 27.4. The monoisotopic (exact) mass is 321 g/mol. The van der Waals surface area contributed by atoms with Gasteiger partial charge in [0.05, 0.1) is 6.04 Å². The second kappa shape index (κ2) is 8.06. The van der Waals surface area contributed by atoms with E-state index in [1.165, 1.54) is 12.1 Å². The third kappa shape index (κ3) is 5.03. The van der Waals surface area contributed by atoms with Gasteiger partial charge < -0.3 is 10.2 Å². The maximum atomic E-state index is 12.8. The molecular weight excluding hydrogens is 297 g/mol. The molecular formula is C17H24FN3O2. The molecule has 1 fully saturated rings. The zero-order chi connectivity index (χ0) is 16.8. The number of carbonyl (C=O) groups excluding carboxylic acids is 2. The number of amides is 2. The molecule has 126 valence electrons. The van der Waals surface area contributed by atoms with Gasteiger partial charge in [-0.25, -0.2) is 4.39 Å². The zero-order valence-corrected chi connectivity index (χ0v) is 13.7. The lowest BCUT2D eigenvalue weighted by Crippen LogP contribution is -2.54. The maximum Gasteiger partial charge on any atom is 0.237 e. The van der Waals surface area contributed by atoms with E-state index in [-0.39, 0.29) is 23.7 Å². The second-order valence-electron chi connectivity index (χ2n) is 5.89. The van der Waals surface area contributed by atoms with Crippen molar-refractivity contribution in [2.45, 2.75) is 26.3 Å². The lowest BCUT2D eigenvalue weighted by molar-refractivity contribution is -0.132. The van der Waals surface area contributed by atoms with Crippen LogP contribution in [0.2, 0.25) is 0 Å². The van der Waals surface area contributed by atoms with Crippen molar-refractivity contribution in [2.24, 2.45) is 0 Å². The molecule has 0 bridgehead atoms. The van der Waals surface area contributed by atoms with Gasteiger partial charge >= 0.3 is 0 Å². The van der Waals surface area contributed by atoms with Gasteiger partial charge in [-0.15, -0.1) is 0 Å². The fraction of sp³-hybridized carbons (Fsp3) is 0.529. The van der Waals surface area contributed by atoms with E-state index in [0.717, 1.165) is 5.56 Å². The Morgan fingerprint density at radius 3 is 2.35 bits per heavy atom. The van der Waals surface area contributed by atoms with E-state index in [4.69, 9.17) is 0 Å². The quantitative estimate of drug-likeness (QED) is 0.881. The summed E-state index contributed by atoms with van der Waals surface area (Å²) < 4.78 is 12.8. The van der Waals surface area contributed by atoms with Crippen LogP contribution < -0.4 is 5.32 Å². The Labute approximate surface area is 136 Å². The third-order valence-electron chi connectivity index (χ3n) is 4.31. The Balaban J connectivity index is 1.73. The molecule has 23 heavy (non-hydrogen) atoms. The van der Waals surface area contributed by atoms with Crippen LogP contribution in [0.3, 0.4) is 0 Å². The standard InChI is InChI=1S/C17H24FN3O2/c1-13(20-9-11-21(12-10-20)14(2)22)17(23)19-8-7-15-3-5-16(18)6-4-15/h3-6,13H,7-12H2,1-2H3,(H,19,23)/t13-/m0/s1. The Kier molecular flexibility index (Phi) is 6.10. The normalized spacial score (nSPS) is 16.9. The second-order valence-corrected chi connectivity index (χ2v) is 5.89. The fourth-order valence-electron chi connectivity index (χ4n) is 2.72. The van der Waals surface area contributed by atoms with Gasteiger partial charge in [-0.2, -0.15) is 0 Å². The maximum absolute atomic E-state index is 12.8. The zero-order valence-electron chi connectivity index (χ0n) is 13.7. The van der Waals surface area contributed by atoms with Gasteiger partial charge in [0.15, 0.2) is 0 Å². The van der Waals surface area contributed by atoms with Gasteiger partial charge in [0, 0.05) is 39.6 Å². The number of hydrogen-bond acceptors (Lipinski definition) is 3. The first kappa shape index (κ1) is 17.4. The minimum Gasteiger partial charge on any atom is -0.354 e. The number of rotatable bonds is 5. The molecule has 1 aromatic rings. The van der Waals surface area contributed by atoms with Crippen molar-refractivity contribution in [3.8, 4) is 0 Å². The average molecular weight is 321 g/mol. The van der Waals surface area contributed by atoms with E-state index in [0.29, 0.717) is 39.1 Å². The number of piperazine rings is 1. The minimum atomic E-state index is -0.254. The van der Waals surface area contributed by atoms with E-state index < -0.39 is 0 Å². The third-order valence-corrected chi connectivity index (χ3v) is 4.31. The summed E-state index contributed by atoms with van der Waals surface area (Å²) in [6.07, 6.45) is 0.677. The molecule has 1 atom stereocenters. The summed E-state index contributed by atoms with van der Waals surface area (Å²) in [5, 5.41) is 2.92. The summed E-state index contributed by atoms with van der Waals surface area (Å²) in [5.41, 5.74) is 0.995. The number of nitrogens with one attached hydrogen (secondary N) is 1. The van der Waals surface area contributed by atoms with E-state index in [9.17, 15) is 14.0 Å². The predicted molar refractivity (Wildman–Crippen MR) is 86.4 cm³/mol. The molecule has 2 rings (SSSR count). The molecule has 0 aromatic heterocycles. The molecule has 1 saturated heterocycles. The van der Waals surface area contributed by atoms with Crippen molar-refractivity contribution < 1.29 is 14.0 Å². The van der Waals surface area contributed by atoms with Crippen molar-refractivity contribution in [2.75, 3.05) is 32.7 Å². The molecule has 1 aromatic carbocycles. The SMILES string of the molecule is CC(=O)N1CCN([C@@H](C)C(=O)NCCc2ccc(F)cc2)CC1. The predicted octanol–water partition coefficient (Wildman–Crippen LogP) is 1.04. The Bertz CT molecular complexity index is 539. The van der Waals surface area contributed by atoms with Crippen molar-refractivity contribution in [3.63, 3.8) is 0 Å². The van der Waals surface area contributed by atoms with Crippen molar-refractivity contribution in [3.05, 3.63) is 35.6 Å². The summed E-state index contributed by atoms with van der Waals surface area (Å²) in [5.74, 6) is -0.180. The van der Waals surface area contributed by atoms with Gasteiger partial charge in [-0.1, -0.05) is 12.1 Å². The van der Waals surface area contributed by atoms with Gasteiger partial charge in [0.25, 0.3) is 0 Å². The van der Waals surface area contributed by atoms with Crippen LogP contribution in [0.5, 0.6) is 0 Å². The van der Waals surface area contributed by atoms with Crippen LogP contribution in [-0.4, -0.2) is 60.4 Å². The van der Waals surface area contributed by atoms with Gasteiger partial charge in [0.2, 0.25) is 11.8 Å². The highest BCUT2D eigenvalue weighted by Gasteiger charge is 2.25. The lowest BCUT2D eigenvalue weighted by atomic mass is 10.1. The van der Waals surface area contributed by atoms with E-state index in [2.05, 4.69) is 10.2 Å². The number of carbonyl (C=O) groups is 2. The van der Waals surface area contributed by atoms with Crippen LogP contribution in [0.1, 0.15) is 19.4 Å². The van der Waals surface area contributed by atoms with Gasteiger partial charge in [-0.3, -0.25) is 14.5 Å². The van der Waals surface area contributed by atoms with Crippen LogP contribution in [0, 0.1) is 5.82 Å². The molecule has 1 heterocycles. The minimum absolute atomic E-state index is 0.0108. The fourth-order valence-corrected chi connectivity index (χ4v) is 2.72. The number of benzene rings is 1. The summed E-state index contributed by atoms with van der Waals surface area (Å²) in [7, 11) is 0. The smallest absolute Gasteiger partial charge is 0.237 e. The topological polar surface area (TPSA) is 52.7 Å². The molecule has 0 saturated carbocycles. The van der Waals surface area contributed by atoms with E-state index >= 15 is 0 Å². The van der Waals surface area contributed by atoms with E-state index in [1.807, 2.05) is 6.92 Å². The molecule has 0 spiro atoms. The molecule has 5 nitrogen and oxygen atoms in total. The van der Waals surface area contributed by atoms with Crippen LogP contribution in [0.15, 0.2) is 24.3 Å². The molecule has 1 aliphatic rings. The van der Waals surface area contributed by atoms with Crippen LogP contribution in [-0.2, 0) is 16.0 Å². The van der Waals surface area contributed by atoms with Crippen LogP contribution in [0.4, 0.5) is 4.39 Å². The summed E-state index contributed by atoms with van der Waals surface area (Å²) in [6, 6.07) is 6.10. The molecule has 2 amide bonds. The summed E-state index contributed by atoms with van der Waals surface area (Å²) in [6.45, 7) is 6.75. The highest BCUT2D eigenvalue weighted by molar-refractivity contribution is 5.81. The first-order valence-electron chi connectivity index (χ1n) is 7.99. The first-order chi connectivity index (χ1) is 11.0. The Morgan fingerprint density at radius 2 is 1.78 bits per heavy atom. The Hall–Kier alpha value is -1.95. The van der Waals surface area contributed by atoms with Crippen LogP contribution in [0.25, 0.3) is 0 Å². The van der Waals surface area contributed by atoms with Gasteiger partial charge in [0.1, 0.15) is 5.82 Å². The van der Waals surface area contributed by atoms with Gasteiger partial charge in [-0.05, 0) is 31.0 Å². The molecule has 6 heteroatoms. The molecule has 0 aliphatic carbocycles. The molecule has 0 radical (unpaired) electrons. The number of hydrogen-bond donors (Lipinski definition) is 1. The Morgan fingerprint density at radius 1 is 1.17 bits per heavy atom. The molecule has 1 aliphatic heterocycles. The van der Waals surface area contributed by atoms with Crippen molar-refractivity contribution >= 4 is 11.8 Å².